The molecule has 0 spiro atoms. The zero-order valence-electron chi connectivity index (χ0n) is 20.0. The molecule has 0 fully saturated rings. The Kier molecular flexibility index (Phi) is 7.10. The molecule has 0 bridgehead atoms. The summed E-state index contributed by atoms with van der Waals surface area (Å²) in [7, 11) is 1.63. The molecule has 5 aromatic rings. The van der Waals surface area contributed by atoms with Crippen molar-refractivity contribution >= 4 is 28.7 Å². The molecule has 36 heavy (non-hydrogen) atoms. The summed E-state index contributed by atoms with van der Waals surface area (Å²) in [5.41, 5.74) is 9.47. The van der Waals surface area contributed by atoms with Gasteiger partial charge in [0.15, 0.2) is 11.4 Å². The topological polar surface area (TPSA) is 129 Å². The molecule has 0 atom stereocenters. The Morgan fingerprint density at radius 2 is 2.08 bits per heavy atom. The summed E-state index contributed by atoms with van der Waals surface area (Å²) in [6.07, 6.45) is 8.09. The van der Waals surface area contributed by atoms with Crippen molar-refractivity contribution in [1.29, 1.82) is 0 Å². The lowest BCUT2D eigenvalue weighted by Crippen LogP contribution is -2.01. The minimum absolute atomic E-state index is 0.346. The van der Waals surface area contributed by atoms with Crippen molar-refractivity contribution in [2.24, 2.45) is 5.73 Å². The molecule has 186 valence electrons. The molecule has 5 rings (SSSR count). The van der Waals surface area contributed by atoms with Crippen LogP contribution in [0.2, 0.25) is 0 Å². The molecule has 0 aliphatic rings. The predicted octanol–water partition coefficient (Wildman–Crippen LogP) is 4.52. The minimum Gasteiger partial charge on any atom is -0.496 e. The van der Waals surface area contributed by atoms with Crippen LogP contribution in [-0.2, 0) is 26.1 Å². The molecule has 0 saturated carbocycles. The number of benzene rings is 2. The maximum Gasteiger partial charge on any atom is 0.191 e. The quantitative estimate of drug-likeness (QED) is 0.222. The van der Waals surface area contributed by atoms with E-state index in [-0.39, 0.29) is 0 Å². The van der Waals surface area contributed by atoms with E-state index < -0.39 is 0 Å². The van der Waals surface area contributed by atoms with Gasteiger partial charge in [0.05, 0.1) is 24.7 Å². The van der Waals surface area contributed by atoms with Crippen molar-refractivity contribution in [2.75, 3.05) is 11.8 Å². The SMILES string of the molecule is CCc1ccc(OCc2ncc[nH]2)c(SNc2noc3cc(Cn4cc(CN)cn4)cc(OC)c23)c1. The number of rotatable bonds is 11. The fraction of sp³-hybridized carbons (Fsp3) is 0.240. The number of aromatic amines is 1. The van der Waals surface area contributed by atoms with Crippen LogP contribution < -0.4 is 19.9 Å². The highest BCUT2D eigenvalue weighted by atomic mass is 32.2. The van der Waals surface area contributed by atoms with Crippen molar-refractivity contribution in [1.82, 2.24) is 24.9 Å². The number of ether oxygens (including phenoxy) is 2. The van der Waals surface area contributed by atoms with Gasteiger partial charge in [-0.05, 0) is 53.8 Å². The summed E-state index contributed by atoms with van der Waals surface area (Å²) in [4.78, 5) is 8.21. The highest BCUT2D eigenvalue weighted by molar-refractivity contribution is 8.00. The number of nitrogens with one attached hydrogen (secondary N) is 2. The third-order valence-electron chi connectivity index (χ3n) is 5.68. The first kappa shape index (κ1) is 23.8. The first-order chi connectivity index (χ1) is 17.7. The molecule has 3 aromatic heterocycles. The minimum atomic E-state index is 0.346. The molecule has 3 heterocycles. The number of fused-ring (bicyclic) bond motifs is 1. The van der Waals surface area contributed by atoms with Gasteiger partial charge in [-0.3, -0.25) is 4.68 Å². The fourth-order valence-electron chi connectivity index (χ4n) is 3.80. The third kappa shape index (κ3) is 5.16. The van der Waals surface area contributed by atoms with Crippen molar-refractivity contribution in [2.45, 2.75) is 37.9 Å². The van der Waals surface area contributed by atoms with Crippen LogP contribution in [0.1, 0.15) is 29.4 Å². The Bertz CT molecular complexity index is 1450. The average molecular weight is 506 g/mol. The Morgan fingerprint density at radius 1 is 1.17 bits per heavy atom. The van der Waals surface area contributed by atoms with Gasteiger partial charge in [0.2, 0.25) is 0 Å². The largest absolute Gasteiger partial charge is 0.496 e. The number of nitrogens with two attached hydrogens (primary N) is 1. The molecule has 4 N–H and O–H groups in total. The number of aromatic nitrogens is 5. The maximum atomic E-state index is 6.03. The molecule has 0 radical (unpaired) electrons. The summed E-state index contributed by atoms with van der Waals surface area (Å²) < 4.78 is 22.5. The van der Waals surface area contributed by atoms with E-state index in [9.17, 15) is 0 Å². The zero-order chi connectivity index (χ0) is 24.9. The smallest absolute Gasteiger partial charge is 0.191 e. The summed E-state index contributed by atoms with van der Waals surface area (Å²) >= 11 is 1.41. The molecule has 2 aromatic carbocycles. The Labute approximate surface area is 212 Å². The second-order valence-corrected chi connectivity index (χ2v) is 8.96. The van der Waals surface area contributed by atoms with E-state index in [1.807, 2.05) is 29.1 Å². The van der Waals surface area contributed by atoms with Crippen molar-refractivity contribution < 1.29 is 14.0 Å². The van der Waals surface area contributed by atoms with E-state index in [0.717, 1.165) is 39.4 Å². The number of imidazole rings is 1. The van der Waals surface area contributed by atoms with E-state index in [1.54, 1.807) is 25.7 Å². The van der Waals surface area contributed by atoms with E-state index in [4.69, 9.17) is 19.7 Å². The summed E-state index contributed by atoms with van der Waals surface area (Å²) in [5, 5.41) is 9.38. The van der Waals surface area contributed by atoms with E-state index in [0.29, 0.717) is 36.8 Å². The molecule has 0 unspecified atom stereocenters. The van der Waals surface area contributed by atoms with Gasteiger partial charge >= 0.3 is 0 Å². The van der Waals surface area contributed by atoms with Crippen LogP contribution in [0.3, 0.4) is 0 Å². The molecule has 10 nitrogen and oxygen atoms in total. The molecular formula is C25H27N7O3S. The van der Waals surface area contributed by atoms with Crippen LogP contribution in [-0.4, -0.2) is 32.0 Å². The van der Waals surface area contributed by atoms with Gasteiger partial charge < -0.3 is 29.4 Å². The van der Waals surface area contributed by atoms with E-state index in [1.165, 1.54) is 17.5 Å². The van der Waals surface area contributed by atoms with Gasteiger partial charge in [0.25, 0.3) is 0 Å². The molecule has 0 amide bonds. The number of anilines is 1. The summed E-state index contributed by atoms with van der Waals surface area (Å²) in [6, 6.07) is 10.1. The van der Waals surface area contributed by atoms with Gasteiger partial charge in [0, 0.05) is 30.7 Å². The van der Waals surface area contributed by atoms with Crippen LogP contribution in [0.25, 0.3) is 11.0 Å². The highest BCUT2D eigenvalue weighted by Crippen LogP contribution is 2.38. The number of methoxy groups -OCH3 is 1. The lowest BCUT2D eigenvalue weighted by Gasteiger charge is -2.12. The van der Waals surface area contributed by atoms with E-state index in [2.05, 4.69) is 44.0 Å². The number of aryl methyl sites for hydroxylation is 1. The second-order valence-electron chi connectivity index (χ2n) is 8.12. The van der Waals surface area contributed by atoms with Crippen LogP contribution in [0.5, 0.6) is 11.5 Å². The maximum absolute atomic E-state index is 6.03. The van der Waals surface area contributed by atoms with Crippen LogP contribution in [0.4, 0.5) is 5.82 Å². The molecular weight excluding hydrogens is 478 g/mol. The molecule has 11 heteroatoms. The standard InChI is InChI=1S/C25H27N7O3S/c1-3-16-4-5-19(34-15-23-27-6-7-28-23)22(10-16)36-31-25-24-20(33-2)8-17(9-21(24)35-30-25)13-32-14-18(11-26)12-29-32/h4-10,12,14H,3,11,13,15,26H2,1-2H3,(H,27,28)(H,30,31). The summed E-state index contributed by atoms with van der Waals surface area (Å²) in [6.45, 7) is 3.48. The van der Waals surface area contributed by atoms with Crippen LogP contribution in [0.15, 0.2) is 64.5 Å². The van der Waals surface area contributed by atoms with Crippen LogP contribution >= 0.6 is 11.9 Å². The van der Waals surface area contributed by atoms with Crippen LogP contribution in [0, 0.1) is 0 Å². The zero-order valence-corrected chi connectivity index (χ0v) is 20.8. The predicted molar refractivity (Wildman–Crippen MR) is 138 cm³/mol. The van der Waals surface area contributed by atoms with Gasteiger partial charge in [0.1, 0.15) is 29.3 Å². The van der Waals surface area contributed by atoms with Gasteiger partial charge in [-0.25, -0.2) is 4.98 Å². The first-order valence-corrected chi connectivity index (χ1v) is 12.3. The van der Waals surface area contributed by atoms with Crippen molar-refractivity contribution in [3.63, 3.8) is 0 Å². The Hall–Kier alpha value is -3.96. The number of hydrogen-bond acceptors (Lipinski definition) is 9. The van der Waals surface area contributed by atoms with Gasteiger partial charge in [-0.1, -0.05) is 18.1 Å². The average Bonchev–Trinajstić information content (AvgIpc) is 3.67. The highest BCUT2D eigenvalue weighted by Gasteiger charge is 2.17. The number of nitrogens with zero attached hydrogens (tertiary/aromatic N) is 4. The molecule has 0 saturated heterocycles. The monoisotopic (exact) mass is 505 g/mol. The lowest BCUT2D eigenvalue weighted by molar-refractivity contribution is 0.290. The van der Waals surface area contributed by atoms with Gasteiger partial charge in [-0.2, -0.15) is 5.10 Å². The number of hydrogen-bond donors (Lipinski definition) is 3. The molecule has 0 aliphatic carbocycles. The lowest BCUT2D eigenvalue weighted by atomic mass is 10.1. The Balaban J connectivity index is 1.37. The third-order valence-corrected chi connectivity index (χ3v) is 6.51. The normalized spacial score (nSPS) is 11.2. The van der Waals surface area contributed by atoms with Crippen molar-refractivity contribution in [3.05, 3.63) is 77.6 Å². The summed E-state index contributed by atoms with van der Waals surface area (Å²) in [5.74, 6) is 2.74. The number of H-pyrrole nitrogens is 1. The van der Waals surface area contributed by atoms with Gasteiger partial charge in [-0.15, -0.1) is 0 Å². The molecule has 0 aliphatic heterocycles. The fourth-order valence-corrected chi connectivity index (χ4v) is 4.58. The first-order valence-electron chi connectivity index (χ1n) is 11.5. The van der Waals surface area contributed by atoms with Crippen molar-refractivity contribution in [3.8, 4) is 11.5 Å². The second kappa shape index (κ2) is 10.8. The Morgan fingerprint density at radius 3 is 2.83 bits per heavy atom. The van der Waals surface area contributed by atoms with E-state index >= 15 is 0 Å².